The van der Waals surface area contributed by atoms with Crippen molar-refractivity contribution < 1.29 is 14.3 Å². The largest absolute Gasteiger partial charge is 0.494 e. The molecule has 1 aliphatic carbocycles. The van der Waals surface area contributed by atoms with Crippen LogP contribution in [0.1, 0.15) is 54.9 Å². The third kappa shape index (κ3) is 7.06. The Morgan fingerprint density at radius 2 is 1.73 bits per heavy atom. The third-order valence-electron chi connectivity index (χ3n) is 6.51. The number of aryl methyl sites for hydroxylation is 1. The highest BCUT2D eigenvalue weighted by atomic mass is 16.5. The van der Waals surface area contributed by atoms with Gasteiger partial charge in [-0.05, 0) is 94.3 Å². The minimum absolute atomic E-state index is 0.0606. The quantitative estimate of drug-likeness (QED) is 0.569. The molecule has 2 amide bonds. The normalized spacial score (nSPS) is 16.9. The van der Waals surface area contributed by atoms with Crippen LogP contribution in [0.5, 0.6) is 5.75 Å². The topological polar surface area (TPSA) is 70.7 Å². The second-order valence-corrected chi connectivity index (χ2v) is 9.18. The van der Waals surface area contributed by atoms with E-state index in [0.29, 0.717) is 30.3 Å². The van der Waals surface area contributed by atoms with E-state index in [0.717, 1.165) is 50.9 Å². The number of hydrogen-bond donors (Lipinski definition) is 2. The number of benzene rings is 2. The lowest BCUT2D eigenvalue weighted by Gasteiger charge is -2.31. The molecule has 2 N–H and O–H groups in total. The molecular weight excluding hydrogens is 414 g/mol. The number of piperidine rings is 1. The summed E-state index contributed by atoms with van der Waals surface area (Å²) in [4.78, 5) is 27.3. The van der Waals surface area contributed by atoms with Crippen molar-refractivity contribution in [1.82, 2.24) is 10.2 Å². The molecule has 2 aliphatic rings. The molecule has 4 rings (SSSR count). The zero-order valence-electron chi connectivity index (χ0n) is 19.5. The summed E-state index contributed by atoms with van der Waals surface area (Å²) < 4.78 is 5.51. The van der Waals surface area contributed by atoms with E-state index < -0.39 is 0 Å². The van der Waals surface area contributed by atoms with Gasteiger partial charge in [-0.15, -0.1) is 0 Å². The van der Waals surface area contributed by atoms with Crippen LogP contribution in [-0.2, 0) is 11.2 Å². The second-order valence-electron chi connectivity index (χ2n) is 9.18. The van der Waals surface area contributed by atoms with Crippen molar-refractivity contribution in [3.8, 4) is 5.75 Å². The van der Waals surface area contributed by atoms with Crippen LogP contribution in [0.4, 0.5) is 5.69 Å². The fourth-order valence-corrected chi connectivity index (χ4v) is 4.40. The first kappa shape index (κ1) is 23.3. The van der Waals surface area contributed by atoms with E-state index >= 15 is 0 Å². The molecular formula is C27H35N3O3. The van der Waals surface area contributed by atoms with Gasteiger partial charge in [0, 0.05) is 6.04 Å². The Kier molecular flexibility index (Phi) is 8.00. The minimum atomic E-state index is -0.109. The van der Waals surface area contributed by atoms with E-state index in [1.54, 1.807) is 12.1 Å². The van der Waals surface area contributed by atoms with Crippen molar-refractivity contribution in [3.05, 3.63) is 59.7 Å². The fourth-order valence-electron chi connectivity index (χ4n) is 4.40. The third-order valence-corrected chi connectivity index (χ3v) is 6.51. The summed E-state index contributed by atoms with van der Waals surface area (Å²) in [5.74, 6) is 1.46. The standard InChI is InChI=1S/C27H35N3O3/c1-2-33-23-13-9-20(10-14-23)7-8-21-15-17-30(18-16-21)19-26(31)29-25-6-4-3-5-24(25)27(32)28-22-11-12-22/h3-6,9-10,13-14,21-22H,2,7-8,11-12,15-19H2,1H3,(H,28,32)(H,29,31). The second kappa shape index (κ2) is 11.3. The number of carbonyl (C=O) groups is 2. The molecule has 1 aliphatic heterocycles. The molecule has 0 aromatic heterocycles. The Morgan fingerprint density at radius 3 is 2.42 bits per heavy atom. The van der Waals surface area contributed by atoms with Gasteiger partial charge < -0.3 is 15.4 Å². The van der Waals surface area contributed by atoms with Gasteiger partial charge in [0.2, 0.25) is 5.91 Å². The number of amides is 2. The lowest BCUT2D eigenvalue weighted by Crippen LogP contribution is -2.39. The summed E-state index contributed by atoms with van der Waals surface area (Å²) in [5, 5.41) is 5.95. The maximum absolute atomic E-state index is 12.7. The van der Waals surface area contributed by atoms with Crippen LogP contribution in [0.15, 0.2) is 48.5 Å². The number of carbonyl (C=O) groups excluding carboxylic acids is 2. The first-order valence-corrected chi connectivity index (χ1v) is 12.2. The maximum atomic E-state index is 12.7. The molecule has 1 saturated carbocycles. The van der Waals surface area contributed by atoms with Crippen molar-refractivity contribution in [2.45, 2.75) is 51.5 Å². The van der Waals surface area contributed by atoms with Gasteiger partial charge >= 0.3 is 0 Å². The molecule has 6 heteroatoms. The van der Waals surface area contributed by atoms with Crippen LogP contribution in [0.2, 0.25) is 0 Å². The number of nitrogens with one attached hydrogen (secondary N) is 2. The molecule has 33 heavy (non-hydrogen) atoms. The lowest BCUT2D eigenvalue weighted by molar-refractivity contribution is -0.117. The number of nitrogens with zero attached hydrogens (tertiary/aromatic N) is 1. The average Bonchev–Trinajstić information content (AvgIpc) is 3.64. The predicted octanol–water partition coefficient (Wildman–Crippen LogP) is 4.26. The SMILES string of the molecule is CCOc1ccc(CCC2CCN(CC(=O)Nc3ccccc3C(=O)NC3CC3)CC2)cc1. The molecule has 0 unspecified atom stereocenters. The Hall–Kier alpha value is -2.86. The molecule has 2 fully saturated rings. The molecule has 0 bridgehead atoms. The number of para-hydroxylation sites is 1. The van der Waals surface area contributed by atoms with Crippen molar-refractivity contribution >= 4 is 17.5 Å². The summed E-state index contributed by atoms with van der Waals surface area (Å²) in [6.07, 6.45) is 6.57. The van der Waals surface area contributed by atoms with Gasteiger partial charge in [-0.1, -0.05) is 24.3 Å². The Balaban J connectivity index is 1.19. The molecule has 2 aromatic carbocycles. The van der Waals surface area contributed by atoms with Crippen molar-refractivity contribution in [2.24, 2.45) is 5.92 Å². The Labute approximate surface area is 196 Å². The lowest BCUT2D eigenvalue weighted by atomic mass is 9.90. The highest BCUT2D eigenvalue weighted by Crippen LogP contribution is 2.24. The van der Waals surface area contributed by atoms with Crippen molar-refractivity contribution in [3.63, 3.8) is 0 Å². The highest BCUT2D eigenvalue weighted by Gasteiger charge is 2.25. The number of rotatable bonds is 10. The average molecular weight is 450 g/mol. The van der Waals surface area contributed by atoms with Crippen LogP contribution in [-0.4, -0.2) is 49.0 Å². The minimum Gasteiger partial charge on any atom is -0.494 e. The van der Waals surface area contributed by atoms with Gasteiger partial charge in [-0.3, -0.25) is 14.5 Å². The van der Waals surface area contributed by atoms with Crippen LogP contribution >= 0.6 is 0 Å². The molecule has 176 valence electrons. The van der Waals surface area contributed by atoms with Gasteiger partial charge in [0.25, 0.3) is 5.91 Å². The smallest absolute Gasteiger partial charge is 0.253 e. The van der Waals surface area contributed by atoms with Crippen molar-refractivity contribution in [2.75, 3.05) is 31.6 Å². The van der Waals surface area contributed by atoms with Gasteiger partial charge in [0.1, 0.15) is 5.75 Å². The Morgan fingerprint density at radius 1 is 1.00 bits per heavy atom. The molecule has 1 saturated heterocycles. The summed E-state index contributed by atoms with van der Waals surface area (Å²) in [7, 11) is 0. The zero-order chi connectivity index (χ0) is 23.0. The van der Waals surface area contributed by atoms with E-state index in [-0.39, 0.29) is 17.9 Å². The van der Waals surface area contributed by atoms with E-state index in [9.17, 15) is 9.59 Å². The van der Waals surface area contributed by atoms with Crippen molar-refractivity contribution in [1.29, 1.82) is 0 Å². The number of hydrogen-bond acceptors (Lipinski definition) is 4. The molecule has 1 heterocycles. The number of anilines is 1. The fraction of sp³-hybridized carbons (Fsp3) is 0.481. The van der Waals surface area contributed by atoms with Crippen LogP contribution in [0.25, 0.3) is 0 Å². The van der Waals surface area contributed by atoms with E-state index in [1.165, 1.54) is 12.0 Å². The molecule has 0 atom stereocenters. The summed E-state index contributed by atoms with van der Waals surface area (Å²) in [5.41, 5.74) is 2.47. The van der Waals surface area contributed by atoms with Gasteiger partial charge in [-0.2, -0.15) is 0 Å². The first-order valence-electron chi connectivity index (χ1n) is 12.2. The van der Waals surface area contributed by atoms with E-state index in [4.69, 9.17) is 4.74 Å². The van der Waals surface area contributed by atoms with Gasteiger partial charge in [-0.25, -0.2) is 0 Å². The van der Waals surface area contributed by atoms with Crippen LogP contribution in [0, 0.1) is 5.92 Å². The molecule has 0 radical (unpaired) electrons. The monoisotopic (exact) mass is 449 g/mol. The van der Waals surface area contributed by atoms with E-state index in [2.05, 4.69) is 27.7 Å². The summed E-state index contributed by atoms with van der Waals surface area (Å²) in [6, 6.07) is 15.9. The molecule has 0 spiro atoms. The first-order chi connectivity index (χ1) is 16.1. The van der Waals surface area contributed by atoms with E-state index in [1.807, 2.05) is 31.2 Å². The van der Waals surface area contributed by atoms with Gasteiger partial charge in [0.15, 0.2) is 0 Å². The number of likely N-dealkylation sites (tertiary alicyclic amines) is 1. The highest BCUT2D eigenvalue weighted by molar-refractivity contribution is 6.04. The van der Waals surface area contributed by atoms with Crippen LogP contribution < -0.4 is 15.4 Å². The van der Waals surface area contributed by atoms with Crippen LogP contribution in [0.3, 0.4) is 0 Å². The van der Waals surface area contributed by atoms with Gasteiger partial charge in [0.05, 0.1) is 24.4 Å². The maximum Gasteiger partial charge on any atom is 0.253 e. The summed E-state index contributed by atoms with van der Waals surface area (Å²) >= 11 is 0. The molecule has 2 aromatic rings. The number of ether oxygens (including phenoxy) is 1. The Bertz CT molecular complexity index is 932. The molecule has 6 nitrogen and oxygen atoms in total. The zero-order valence-corrected chi connectivity index (χ0v) is 19.5. The summed E-state index contributed by atoms with van der Waals surface area (Å²) in [6.45, 7) is 4.93. The predicted molar refractivity (Wildman–Crippen MR) is 131 cm³/mol.